The molecule has 3 heteroatoms. The molecule has 0 radical (unpaired) electrons. The van der Waals surface area contributed by atoms with E-state index in [0.717, 1.165) is 0 Å². The van der Waals surface area contributed by atoms with Gasteiger partial charge in [0, 0.05) is 5.92 Å². The summed E-state index contributed by atoms with van der Waals surface area (Å²) >= 11 is 0. The molecule has 1 aliphatic heterocycles. The number of aliphatic hydroxyl groups is 1. The molecular formula is C10H17NO2. The molecule has 0 saturated heterocycles. The number of aliphatic imine (C=N–C) groups is 1. The van der Waals surface area contributed by atoms with Gasteiger partial charge in [0.25, 0.3) is 0 Å². The minimum atomic E-state index is -0.653. The maximum absolute atomic E-state index is 9.72. The molecule has 2 unspecified atom stereocenters. The third-order valence-electron chi connectivity index (χ3n) is 2.11. The summed E-state index contributed by atoms with van der Waals surface area (Å²) < 4.78 is 5.31. The molecule has 1 N–H and O–H groups in total. The molecule has 0 aromatic rings. The van der Waals surface area contributed by atoms with E-state index >= 15 is 0 Å². The zero-order valence-corrected chi connectivity index (χ0v) is 8.45. The second-order valence-corrected chi connectivity index (χ2v) is 4.09. The molecule has 0 saturated carbocycles. The molecule has 0 bridgehead atoms. The van der Waals surface area contributed by atoms with E-state index in [0.29, 0.717) is 12.5 Å². The Morgan fingerprint density at radius 1 is 1.69 bits per heavy atom. The Hall–Kier alpha value is -0.830. The van der Waals surface area contributed by atoms with Gasteiger partial charge >= 0.3 is 0 Å². The van der Waals surface area contributed by atoms with Crippen LogP contribution in [0.15, 0.2) is 17.6 Å². The van der Waals surface area contributed by atoms with E-state index in [1.807, 2.05) is 20.8 Å². The molecule has 1 heterocycles. The van der Waals surface area contributed by atoms with Crippen molar-refractivity contribution >= 4 is 5.90 Å². The highest BCUT2D eigenvalue weighted by atomic mass is 16.5. The van der Waals surface area contributed by atoms with Crippen molar-refractivity contribution in [3.05, 3.63) is 12.7 Å². The Morgan fingerprint density at radius 2 is 2.31 bits per heavy atom. The Labute approximate surface area is 79.1 Å². The first-order valence-corrected chi connectivity index (χ1v) is 4.49. The molecule has 74 valence electrons. The van der Waals surface area contributed by atoms with Crippen molar-refractivity contribution in [2.45, 2.75) is 32.4 Å². The van der Waals surface area contributed by atoms with Crippen LogP contribution in [0.1, 0.15) is 20.8 Å². The molecule has 1 aliphatic rings. The summed E-state index contributed by atoms with van der Waals surface area (Å²) in [6.07, 6.45) is 1.04. The molecule has 3 nitrogen and oxygen atoms in total. The molecule has 13 heavy (non-hydrogen) atoms. The average Bonchev–Trinajstić information content (AvgIpc) is 2.43. The highest BCUT2D eigenvalue weighted by molar-refractivity contribution is 5.83. The van der Waals surface area contributed by atoms with E-state index < -0.39 is 6.10 Å². The van der Waals surface area contributed by atoms with Crippen LogP contribution in [0, 0.1) is 5.92 Å². The zero-order valence-electron chi connectivity index (χ0n) is 8.45. The summed E-state index contributed by atoms with van der Waals surface area (Å²) in [5.74, 6) is 0.421. The number of nitrogens with zero attached hydrogens (tertiary/aromatic N) is 1. The van der Waals surface area contributed by atoms with Crippen LogP contribution in [0.4, 0.5) is 0 Å². The molecule has 0 spiro atoms. The summed E-state index contributed by atoms with van der Waals surface area (Å²) in [6, 6.07) is 0. The van der Waals surface area contributed by atoms with E-state index in [1.54, 1.807) is 6.08 Å². The first kappa shape index (κ1) is 10.3. The second kappa shape index (κ2) is 3.50. The molecule has 0 aliphatic carbocycles. The van der Waals surface area contributed by atoms with Gasteiger partial charge in [0.2, 0.25) is 5.90 Å². The van der Waals surface area contributed by atoms with Gasteiger partial charge in [-0.2, -0.15) is 0 Å². The fraction of sp³-hybridized carbons (Fsp3) is 0.700. The molecule has 1 rings (SSSR count). The first-order valence-electron chi connectivity index (χ1n) is 4.49. The van der Waals surface area contributed by atoms with Crippen LogP contribution in [0.5, 0.6) is 0 Å². The van der Waals surface area contributed by atoms with Crippen LogP contribution in [-0.2, 0) is 4.74 Å². The number of rotatable bonds is 3. The minimum absolute atomic E-state index is 0.0207. The minimum Gasteiger partial charge on any atom is -0.477 e. The van der Waals surface area contributed by atoms with Crippen molar-refractivity contribution in [1.82, 2.24) is 0 Å². The van der Waals surface area contributed by atoms with Crippen LogP contribution in [0.25, 0.3) is 0 Å². The van der Waals surface area contributed by atoms with Crippen molar-refractivity contribution in [3.63, 3.8) is 0 Å². The molecule has 2 atom stereocenters. The summed E-state index contributed by atoms with van der Waals surface area (Å²) in [7, 11) is 0. The summed E-state index contributed by atoms with van der Waals surface area (Å²) in [5, 5.41) is 9.72. The van der Waals surface area contributed by atoms with Crippen molar-refractivity contribution in [2.24, 2.45) is 10.9 Å². The smallest absolute Gasteiger partial charge is 0.214 e. The van der Waals surface area contributed by atoms with E-state index in [2.05, 4.69) is 11.6 Å². The van der Waals surface area contributed by atoms with Gasteiger partial charge in [-0.15, -0.1) is 6.58 Å². The maximum atomic E-state index is 9.72. The lowest BCUT2D eigenvalue weighted by Crippen LogP contribution is -2.26. The largest absolute Gasteiger partial charge is 0.477 e. The van der Waals surface area contributed by atoms with Crippen molar-refractivity contribution < 1.29 is 9.84 Å². The van der Waals surface area contributed by atoms with E-state index in [-0.39, 0.29) is 11.5 Å². The van der Waals surface area contributed by atoms with Crippen molar-refractivity contribution in [2.75, 3.05) is 6.61 Å². The predicted octanol–water partition coefficient (Wildman–Crippen LogP) is 1.38. The van der Waals surface area contributed by atoms with Gasteiger partial charge in [-0.1, -0.05) is 13.0 Å². The van der Waals surface area contributed by atoms with E-state index in [9.17, 15) is 5.11 Å². The standard InChI is InChI=1S/C10H17NO2/c1-5-7(2)8(12)9-11-10(3,4)6-13-9/h5,7-8,12H,1,6H2,2-4H3. The van der Waals surface area contributed by atoms with Crippen LogP contribution in [-0.4, -0.2) is 29.3 Å². The van der Waals surface area contributed by atoms with Gasteiger partial charge in [0.1, 0.15) is 12.7 Å². The van der Waals surface area contributed by atoms with Gasteiger partial charge in [0.05, 0.1) is 5.54 Å². The predicted molar refractivity (Wildman–Crippen MR) is 52.8 cm³/mol. The lowest BCUT2D eigenvalue weighted by atomic mass is 10.1. The van der Waals surface area contributed by atoms with Crippen molar-refractivity contribution in [3.8, 4) is 0 Å². The highest BCUT2D eigenvalue weighted by Gasteiger charge is 2.31. The Morgan fingerprint density at radius 3 is 2.69 bits per heavy atom. The van der Waals surface area contributed by atoms with Gasteiger partial charge in [0.15, 0.2) is 0 Å². The fourth-order valence-electron chi connectivity index (χ4n) is 1.12. The second-order valence-electron chi connectivity index (χ2n) is 4.09. The van der Waals surface area contributed by atoms with Crippen LogP contribution in [0.3, 0.4) is 0 Å². The van der Waals surface area contributed by atoms with Crippen molar-refractivity contribution in [1.29, 1.82) is 0 Å². The number of hydrogen-bond acceptors (Lipinski definition) is 3. The summed E-state index contributed by atoms with van der Waals surface area (Å²) in [5.41, 5.74) is -0.197. The van der Waals surface area contributed by atoms with E-state index in [4.69, 9.17) is 4.74 Å². The Bertz CT molecular complexity index is 233. The van der Waals surface area contributed by atoms with Gasteiger partial charge < -0.3 is 9.84 Å². The SMILES string of the molecule is C=CC(C)C(O)C1=NC(C)(C)CO1. The number of ether oxygens (including phenoxy) is 1. The zero-order chi connectivity index (χ0) is 10.1. The molecule has 0 aromatic heterocycles. The van der Waals surface area contributed by atoms with E-state index in [1.165, 1.54) is 0 Å². The molecule has 0 amide bonds. The summed E-state index contributed by atoms with van der Waals surface area (Å²) in [6.45, 7) is 10.0. The molecule has 0 aromatic carbocycles. The van der Waals surface area contributed by atoms with Crippen LogP contribution >= 0.6 is 0 Å². The van der Waals surface area contributed by atoms with Crippen LogP contribution in [0.2, 0.25) is 0 Å². The average molecular weight is 183 g/mol. The maximum Gasteiger partial charge on any atom is 0.214 e. The lowest BCUT2D eigenvalue weighted by Gasteiger charge is -2.13. The number of hydrogen-bond donors (Lipinski definition) is 1. The quantitative estimate of drug-likeness (QED) is 0.671. The highest BCUT2D eigenvalue weighted by Crippen LogP contribution is 2.20. The Kier molecular flexibility index (Phi) is 2.76. The first-order chi connectivity index (χ1) is 5.96. The van der Waals surface area contributed by atoms with Gasteiger partial charge in [-0.05, 0) is 13.8 Å². The number of aliphatic hydroxyl groups excluding tert-OH is 1. The third-order valence-corrected chi connectivity index (χ3v) is 2.11. The Balaban J connectivity index is 2.69. The fourth-order valence-corrected chi connectivity index (χ4v) is 1.12. The molecule has 0 fully saturated rings. The van der Waals surface area contributed by atoms with Gasteiger partial charge in [-0.25, -0.2) is 4.99 Å². The van der Waals surface area contributed by atoms with Gasteiger partial charge in [-0.3, -0.25) is 0 Å². The van der Waals surface area contributed by atoms with Crippen LogP contribution < -0.4 is 0 Å². The topological polar surface area (TPSA) is 41.8 Å². The normalized spacial score (nSPS) is 24.5. The third kappa shape index (κ3) is 2.31. The molecular weight excluding hydrogens is 166 g/mol. The summed E-state index contributed by atoms with van der Waals surface area (Å²) in [4.78, 5) is 4.29. The monoisotopic (exact) mass is 183 g/mol. The lowest BCUT2D eigenvalue weighted by molar-refractivity contribution is 0.163.